The molecule has 1 fully saturated rings. The summed E-state index contributed by atoms with van der Waals surface area (Å²) in [6, 6.07) is 0. The summed E-state index contributed by atoms with van der Waals surface area (Å²) in [5, 5.41) is 3.01. The monoisotopic (exact) mass is 293 g/mol. The zero-order valence-electron chi connectivity index (χ0n) is 13.1. The van der Waals surface area contributed by atoms with E-state index in [1.807, 2.05) is 4.90 Å². The van der Waals surface area contributed by atoms with E-state index in [9.17, 15) is 9.59 Å². The molecule has 1 aliphatic carbocycles. The number of hydrogen-bond acceptors (Lipinski definition) is 3. The van der Waals surface area contributed by atoms with E-state index in [0.29, 0.717) is 6.54 Å². The summed E-state index contributed by atoms with van der Waals surface area (Å²) in [5.74, 6) is 0.225. The molecule has 2 aliphatic rings. The van der Waals surface area contributed by atoms with Gasteiger partial charge in [-0.05, 0) is 32.1 Å². The van der Waals surface area contributed by atoms with E-state index in [0.717, 1.165) is 39.1 Å². The van der Waals surface area contributed by atoms with Crippen molar-refractivity contribution in [2.45, 2.75) is 39.0 Å². The molecule has 1 saturated heterocycles. The Morgan fingerprint density at radius 2 is 1.95 bits per heavy atom. The molecule has 118 valence electrons. The molecule has 0 unspecified atom stereocenters. The van der Waals surface area contributed by atoms with Crippen molar-refractivity contribution >= 4 is 11.8 Å². The van der Waals surface area contributed by atoms with Gasteiger partial charge in [0.05, 0.1) is 6.54 Å². The van der Waals surface area contributed by atoms with Crippen LogP contribution in [0.5, 0.6) is 0 Å². The van der Waals surface area contributed by atoms with Gasteiger partial charge in [0.2, 0.25) is 11.8 Å². The van der Waals surface area contributed by atoms with Gasteiger partial charge in [-0.25, -0.2) is 0 Å². The molecular formula is C16H27N3O2. The lowest BCUT2D eigenvalue weighted by Gasteiger charge is -2.33. The minimum Gasteiger partial charge on any atom is -0.355 e. The molecule has 1 N–H and O–H groups in total. The van der Waals surface area contributed by atoms with Crippen LogP contribution in [0.4, 0.5) is 0 Å². The van der Waals surface area contributed by atoms with Gasteiger partial charge >= 0.3 is 0 Å². The van der Waals surface area contributed by atoms with Crippen molar-refractivity contribution < 1.29 is 9.59 Å². The van der Waals surface area contributed by atoms with Crippen molar-refractivity contribution in [3.63, 3.8) is 0 Å². The highest BCUT2D eigenvalue weighted by Crippen LogP contribution is 2.19. The Hall–Kier alpha value is -1.36. The third kappa shape index (κ3) is 5.50. The lowest BCUT2D eigenvalue weighted by atomic mass is 9.97. The van der Waals surface area contributed by atoms with Gasteiger partial charge in [0.25, 0.3) is 0 Å². The zero-order valence-corrected chi connectivity index (χ0v) is 13.1. The van der Waals surface area contributed by atoms with Crippen LogP contribution in [0.25, 0.3) is 0 Å². The number of nitrogens with one attached hydrogen (secondary N) is 1. The summed E-state index contributed by atoms with van der Waals surface area (Å²) in [4.78, 5) is 27.1. The average molecular weight is 293 g/mol. The minimum absolute atomic E-state index is 0.0997. The van der Waals surface area contributed by atoms with Gasteiger partial charge < -0.3 is 10.2 Å². The Balaban J connectivity index is 1.59. The molecule has 5 nitrogen and oxygen atoms in total. The number of amides is 2. The molecule has 0 aromatic heterocycles. The molecule has 0 atom stereocenters. The van der Waals surface area contributed by atoms with E-state index in [2.05, 4.69) is 16.3 Å². The maximum atomic E-state index is 11.9. The highest BCUT2D eigenvalue weighted by atomic mass is 16.2. The van der Waals surface area contributed by atoms with Crippen molar-refractivity contribution in [1.29, 1.82) is 0 Å². The molecule has 5 heteroatoms. The van der Waals surface area contributed by atoms with Crippen LogP contribution in [-0.2, 0) is 9.59 Å². The first-order chi connectivity index (χ1) is 10.1. The van der Waals surface area contributed by atoms with Crippen molar-refractivity contribution in [1.82, 2.24) is 15.1 Å². The van der Waals surface area contributed by atoms with E-state index in [1.165, 1.54) is 31.3 Å². The van der Waals surface area contributed by atoms with Crippen LogP contribution in [-0.4, -0.2) is 60.9 Å². The summed E-state index contributed by atoms with van der Waals surface area (Å²) in [5.41, 5.74) is 1.50. The van der Waals surface area contributed by atoms with Crippen molar-refractivity contribution in [2.24, 2.45) is 0 Å². The first kappa shape index (κ1) is 16.0. The predicted octanol–water partition coefficient (Wildman–Crippen LogP) is 1.16. The van der Waals surface area contributed by atoms with Crippen LogP contribution < -0.4 is 5.32 Å². The summed E-state index contributed by atoms with van der Waals surface area (Å²) in [7, 11) is 0. The lowest BCUT2D eigenvalue weighted by molar-refractivity contribution is -0.131. The van der Waals surface area contributed by atoms with Gasteiger partial charge in [-0.15, -0.1) is 0 Å². The number of piperazine rings is 1. The van der Waals surface area contributed by atoms with Gasteiger partial charge in [-0.2, -0.15) is 0 Å². The molecule has 0 spiro atoms. The fourth-order valence-corrected chi connectivity index (χ4v) is 2.97. The second kappa shape index (κ2) is 8.17. The third-order valence-electron chi connectivity index (χ3n) is 4.34. The molecule has 1 aliphatic heterocycles. The lowest BCUT2D eigenvalue weighted by Crippen LogP contribution is -2.50. The second-order valence-electron chi connectivity index (χ2n) is 5.99. The number of carbonyl (C=O) groups is 2. The van der Waals surface area contributed by atoms with Gasteiger partial charge in [0.15, 0.2) is 0 Å². The Labute approximate surface area is 127 Å². The third-order valence-corrected chi connectivity index (χ3v) is 4.34. The van der Waals surface area contributed by atoms with Crippen molar-refractivity contribution in [3.8, 4) is 0 Å². The van der Waals surface area contributed by atoms with Gasteiger partial charge in [-0.3, -0.25) is 14.5 Å². The number of nitrogens with zero attached hydrogens (tertiary/aromatic N) is 2. The topological polar surface area (TPSA) is 52.7 Å². The predicted molar refractivity (Wildman–Crippen MR) is 82.9 cm³/mol. The number of carbonyl (C=O) groups excluding carboxylic acids is 2. The SMILES string of the molecule is CC(=O)N1CCN(CC(=O)NCCC2=CCCCC2)CC1. The smallest absolute Gasteiger partial charge is 0.234 e. The van der Waals surface area contributed by atoms with E-state index >= 15 is 0 Å². The fourth-order valence-electron chi connectivity index (χ4n) is 2.97. The molecule has 21 heavy (non-hydrogen) atoms. The van der Waals surface area contributed by atoms with Crippen molar-refractivity contribution in [2.75, 3.05) is 39.3 Å². The van der Waals surface area contributed by atoms with E-state index < -0.39 is 0 Å². The first-order valence-corrected chi connectivity index (χ1v) is 8.07. The molecular weight excluding hydrogens is 266 g/mol. The van der Waals surface area contributed by atoms with Crippen LogP contribution in [0.1, 0.15) is 39.0 Å². The summed E-state index contributed by atoms with van der Waals surface area (Å²) >= 11 is 0. The van der Waals surface area contributed by atoms with E-state index in [1.54, 1.807) is 6.92 Å². The largest absolute Gasteiger partial charge is 0.355 e. The summed E-state index contributed by atoms with van der Waals surface area (Å²) in [6.45, 7) is 5.84. The first-order valence-electron chi connectivity index (χ1n) is 8.07. The highest BCUT2D eigenvalue weighted by molar-refractivity contribution is 5.78. The molecule has 2 rings (SSSR count). The highest BCUT2D eigenvalue weighted by Gasteiger charge is 2.20. The van der Waals surface area contributed by atoms with Crippen LogP contribution >= 0.6 is 0 Å². The molecule has 2 amide bonds. The zero-order chi connectivity index (χ0) is 15.1. The summed E-state index contributed by atoms with van der Waals surface area (Å²) < 4.78 is 0. The average Bonchev–Trinajstić information content (AvgIpc) is 2.49. The van der Waals surface area contributed by atoms with Gasteiger partial charge in [0.1, 0.15) is 0 Å². The standard InChI is InChI=1S/C16H27N3O2/c1-14(20)19-11-9-18(10-12-19)13-16(21)17-8-7-15-5-3-2-4-6-15/h5H,2-4,6-13H2,1H3,(H,17,21). The molecule has 0 radical (unpaired) electrons. The maximum absolute atomic E-state index is 11.9. The Kier molecular flexibility index (Phi) is 6.23. The molecule has 0 aromatic rings. The molecule has 0 aromatic carbocycles. The number of rotatable bonds is 5. The second-order valence-corrected chi connectivity index (χ2v) is 5.99. The van der Waals surface area contributed by atoms with Crippen LogP contribution in [0.2, 0.25) is 0 Å². The number of hydrogen-bond donors (Lipinski definition) is 1. The van der Waals surface area contributed by atoms with E-state index in [-0.39, 0.29) is 11.8 Å². The molecule has 0 bridgehead atoms. The fraction of sp³-hybridized carbons (Fsp3) is 0.750. The number of allylic oxidation sites excluding steroid dienone is 1. The maximum Gasteiger partial charge on any atom is 0.234 e. The van der Waals surface area contributed by atoms with Crippen LogP contribution in [0, 0.1) is 0 Å². The van der Waals surface area contributed by atoms with Gasteiger partial charge in [0, 0.05) is 39.6 Å². The van der Waals surface area contributed by atoms with Crippen LogP contribution in [0.3, 0.4) is 0 Å². The Morgan fingerprint density at radius 3 is 2.57 bits per heavy atom. The minimum atomic E-state index is 0.0997. The van der Waals surface area contributed by atoms with Crippen LogP contribution in [0.15, 0.2) is 11.6 Å². The molecule has 1 heterocycles. The summed E-state index contributed by atoms with van der Waals surface area (Å²) in [6.07, 6.45) is 8.31. The van der Waals surface area contributed by atoms with Gasteiger partial charge in [-0.1, -0.05) is 11.6 Å². The Morgan fingerprint density at radius 1 is 1.19 bits per heavy atom. The Bertz CT molecular complexity index is 398. The quantitative estimate of drug-likeness (QED) is 0.774. The molecule has 0 saturated carbocycles. The normalized spacial score (nSPS) is 20.0. The van der Waals surface area contributed by atoms with Crippen molar-refractivity contribution in [3.05, 3.63) is 11.6 Å². The van der Waals surface area contributed by atoms with E-state index in [4.69, 9.17) is 0 Å².